The summed E-state index contributed by atoms with van der Waals surface area (Å²) < 4.78 is 1.84. The standard InChI is InChI=1S/C30H32N4O2/c1-19-20(2)32-28(24-6-3-22(4-7-24)26-10-5-23-11-14-31-27(23)17-26)34(29(19)35)16-13-21-12-15-33(18-21)30(36)25-8-9-25/h3-7,10-11,14,17,21,25,31H,8-9,12-13,15-16,18H2,1-2H3/t21-/m0/s1. The van der Waals surface area contributed by atoms with Crippen LogP contribution in [-0.4, -0.2) is 38.4 Å². The summed E-state index contributed by atoms with van der Waals surface area (Å²) in [6, 6.07) is 16.8. The zero-order chi connectivity index (χ0) is 24.8. The fourth-order valence-electron chi connectivity index (χ4n) is 5.39. The number of nitrogens with one attached hydrogen (secondary N) is 1. The van der Waals surface area contributed by atoms with Gasteiger partial charge < -0.3 is 9.88 Å². The molecule has 2 fully saturated rings. The first-order chi connectivity index (χ1) is 17.5. The Hall–Kier alpha value is -3.67. The van der Waals surface area contributed by atoms with Crippen LogP contribution in [0.3, 0.4) is 0 Å². The minimum absolute atomic E-state index is 0.0303. The molecule has 2 aromatic heterocycles. The third-order valence-corrected chi connectivity index (χ3v) is 7.95. The maximum atomic E-state index is 13.3. The second kappa shape index (κ2) is 9.08. The largest absolute Gasteiger partial charge is 0.361 e. The average molecular weight is 481 g/mol. The van der Waals surface area contributed by atoms with Crippen molar-refractivity contribution in [1.29, 1.82) is 0 Å². The first kappa shape index (κ1) is 22.8. The van der Waals surface area contributed by atoms with Crippen LogP contribution in [0, 0.1) is 25.7 Å². The predicted octanol–water partition coefficient (Wildman–Crippen LogP) is 5.32. The number of likely N-dealkylation sites (tertiary alicyclic amines) is 1. The summed E-state index contributed by atoms with van der Waals surface area (Å²) in [5.74, 6) is 1.76. The van der Waals surface area contributed by atoms with E-state index < -0.39 is 0 Å². The second-order valence-corrected chi connectivity index (χ2v) is 10.5. The minimum atomic E-state index is 0.0303. The molecule has 0 radical (unpaired) electrons. The Balaban J connectivity index is 1.24. The first-order valence-corrected chi connectivity index (χ1v) is 13.0. The van der Waals surface area contributed by atoms with Gasteiger partial charge in [-0.3, -0.25) is 14.2 Å². The molecular weight excluding hydrogens is 448 g/mol. The lowest BCUT2D eigenvalue weighted by Gasteiger charge is -2.18. The Kier molecular flexibility index (Phi) is 5.75. The van der Waals surface area contributed by atoms with Gasteiger partial charge in [-0.25, -0.2) is 4.98 Å². The van der Waals surface area contributed by atoms with E-state index in [1.807, 2.05) is 29.5 Å². The minimum Gasteiger partial charge on any atom is -0.361 e. The molecule has 6 nitrogen and oxygen atoms in total. The molecule has 1 aliphatic carbocycles. The van der Waals surface area contributed by atoms with E-state index in [-0.39, 0.29) is 11.5 Å². The number of aromatic amines is 1. The SMILES string of the molecule is Cc1nc(-c2ccc(-c3ccc4cc[nH]c4c3)cc2)n(CC[C@@H]2CCN(C(=O)C3CC3)C2)c(=O)c1C. The summed E-state index contributed by atoms with van der Waals surface area (Å²) in [7, 11) is 0. The smallest absolute Gasteiger partial charge is 0.256 e. The Labute approximate surface area is 211 Å². The Bertz CT molecular complexity index is 1490. The van der Waals surface area contributed by atoms with Crippen LogP contribution in [0.1, 0.15) is 36.9 Å². The molecule has 1 aliphatic heterocycles. The highest BCUT2D eigenvalue weighted by atomic mass is 16.2. The van der Waals surface area contributed by atoms with Crippen LogP contribution in [0.4, 0.5) is 0 Å². The van der Waals surface area contributed by atoms with E-state index in [1.165, 1.54) is 5.39 Å². The van der Waals surface area contributed by atoms with Crippen LogP contribution in [-0.2, 0) is 11.3 Å². The molecule has 2 aromatic carbocycles. The fourth-order valence-corrected chi connectivity index (χ4v) is 5.39. The summed E-state index contributed by atoms with van der Waals surface area (Å²) in [4.78, 5) is 35.9. The van der Waals surface area contributed by atoms with Crippen molar-refractivity contribution in [3.63, 3.8) is 0 Å². The highest BCUT2D eigenvalue weighted by Gasteiger charge is 2.36. The summed E-state index contributed by atoms with van der Waals surface area (Å²) in [6.45, 7) is 6.04. The highest BCUT2D eigenvalue weighted by molar-refractivity contribution is 5.85. The molecule has 6 rings (SSSR count). The van der Waals surface area contributed by atoms with Gasteiger partial charge in [0.15, 0.2) is 0 Å². The number of amides is 1. The maximum absolute atomic E-state index is 13.3. The average Bonchev–Trinajstić information content (AvgIpc) is 3.45. The van der Waals surface area contributed by atoms with Crippen molar-refractivity contribution in [2.45, 2.75) is 46.1 Å². The zero-order valence-corrected chi connectivity index (χ0v) is 21.0. The number of hydrogen-bond acceptors (Lipinski definition) is 3. The zero-order valence-electron chi connectivity index (χ0n) is 21.0. The van der Waals surface area contributed by atoms with Crippen LogP contribution in [0.25, 0.3) is 33.4 Å². The van der Waals surface area contributed by atoms with Crippen LogP contribution in [0.15, 0.2) is 59.5 Å². The van der Waals surface area contributed by atoms with Crippen molar-refractivity contribution in [3.8, 4) is 22.5 Å². The van der Waals surface area contributed by atoms with Gasteiger partial charge in [-0.15, -0.1) is 0 Å². The van der Waals surface area contributed by atoms with Crippen LogP contribution >= 0.6 is 0 Å². The molecule has 6 heteroatoms. The van der Waals surface area contributed by atoms with Crippen molar-refractivity contribution in [2.75, 3.05) is 13.1 Å². The van der Waals surface area contributed by atoms with Crippen molar-refractivity contribution in [2.24, 2.45) is 11.8 Å². The molecule has 1 N–H and O–H groups in total. The number of rotatable bonds is 6. The second-order valence-electron chi connectivity index (χ2n) is 10.5. The third-order valence-electron chi connectivity index (χ3n) is 7.95. The topological polar surface area (TPSA) is 71.0 Å². The quantitative estimate of drug-likeness (QED) is 0.406. The molecule has 4 aromatic rings. The van der Waals surface area contributed by atoms with Gasteiger partial charge in [0.05, 0.1) is 0 Å². The molecule has 1 amide bonds. The number of hydrogen-bond donors (Lipinski definition) is 1. The third kappa shape index (κ3) is 4.25. The van der Waals surface area contributed by atoms with Crippen molar-refractivity contribution >= 4 is 16.8 Å². The molecule has 1 saturated carbocycles. The highest BCUT2D eigenvalue weighted by Crippen LogP contribution is 2.33. The lowest BCUT2D eigenvalue weighted by atomic mass is 10.0. The van der Waals surface area contributed by atoms with Gasteiger partial charge in [-0.2, -0.15) is 0 Å². The number of carbonyl (C=O) groups excluding carboxylic acids is 1. The molecular formula is C30H32N4O2. The van der Waals surface area contributed by atoms with E-state index in [9.17, 15) is 9.59 Å². The van der Waals surface area contributed by atoms with Crippen molar-refractivity contribution < 1.29 is 4.79 Å². The number of benzene rings is 2. The predicted molar refractivity (Wildman–Crippen MR) is 143 cm³/mol. The molecule has 1 atom stereocenters. The number of aryl methyl sites for hydroxylation is 1. The van der Waals surface area contributed by atoms with E-state index in [4.69, 9.17) is 4.98 Å². The molecule has 3 heterocycles. The van der Waals surface area contributed by atoms with E-state index in [1.54, 1.807) is 0 Å². The van der Waals surface area contributed by atoms with E-state index in [2.05, 4.69) is 53.5 Å². The number of aromatic nitrogens is 3. The first-order valence-electron chi connectivity index (χ1n) is 13.0. The van der Waals surface area contributed by atoms with Crippen molar-refractivity contribution in [1.82, 2.24) is 19.4 Å². The normalized spacial score (nSPS) is 17.7. The van der Waals surface area contributed by atoms with Gasteiger partial charge in [-0.05, 0) is 74.1 Å². The fraction of sp³-hybridized carbons (Fsp3) is 0.367. The van der Waals surface area contributed by atoms with E-state index in [0.29, 0.717) is 23.9 Å². The van der Waals surface area contributed by atoms with Gasteiger partial charge in [0.25, 0.3) is 5.56 Å². The maximum Gasteiger partial charge on any atom is 0.256 e. The Morgan fingerprint density at radius 1 is 1.00 bits per heavy atom. The van der Waals surface area contributed by atoms with Gasteiger partial charge in [0, 0.05) is 54.1 Å². The van der Waals surface area contributed by atoms with E-state index >= 15 is 0 Å². The van der Waals surface area contributed by atoms with Gasteiger partial charge >= 0.3 is 0 Å². The summed E-state index contributed by atoms with van der Waals surface area (Å²) in [6.07, 6.45) is 5.94. The lowest BCUT2D eigenvalue weighted by Crippen LogP contribution is -2.30. The summed E-state index contributed by atoms with van der Waals surface area (Å²) in [5.41, 5.74) is 5.83. The summed E-state index contributed by atoms with van der Waals surface area (Å²) in [5, 5.41) is 1.20. The van der Waals surface area contributed by atoms with Gasteiger partial charge in [0.2, 0.25) is 5.91 Å². The molecule has 0 bridgehead atoms. The Morgan fingerprint density at radius 2 is 1.75 bits per heavy atom. The number of carbonyl (C=O) groups is 1. The van der Waals surface area contributed by atoms with Crippen molar-refractivity contribution in [3.05, 3.63) is 76.3 Å². The molecule has 0 unspecified atom stereocenters. The van der Waals surface area contributed by atoms with Gasteiger partial charge in [-0.1, -0.05) is 36.4 Å². The molecule has 184 valence electrons. The number of fused-ring (bicyclic) bond motifs is 1. The molecule has 36 heavy (non-hydrogen) atoms. The van der Waals surface area contributed by atoms with Crippen LogP contribution in [0.2, 0.25) is 0 Å². The Morgan fingerprint density at radius 3 is 2.53 bits per heavy atom. The molecule has 1 saturated heterocycles. The summed E-state index contributed by atoms with van der Waals surface area (Å²) >= 11 is 0. The number of nitrogens with zero attached hydrogens (tertiary/aromatic N) is 3. The molecule has 2 aliphatic rings. The number of H-pyrrole nitrogens is 1. The van der Waals surface area contributed by atoms with Gasteiger partial charge in [0.1, 0.15) is 5.82 Å². The van der Waals surface area contributed by atoms with Crippen LogP contribution in [0.5, 0.6) is 0 Å². The molecule has 0 spiro atoms. The van der Waals surface area contributed by atoms with Crippen LogP contribution < -0.4 is 5.56 Å². The lowest BCUT2D eigenvalue weighted by molar-refractivity contribution is -0.131. The van der Waals surface area contributed by atoms with E-state index in [0.717, 1.165) is 72.5 Å². The monoisotopic (exact) mass is 480 g/mol.